The maximum Gasteiger partial charge on any atom is 0.276 e. The van der Waals surface area contributed by atoms with Crippen molar-refractivity contribution >= 4 is 38.6 Å². The average molecular weight is 361 g/mol. The van der Waals surface area contributed by atoms with Gasteiger partial charge in [0.15, 0.2) is 0 Å². The van der Waals surface area contributed by atoms with Gasteiger partial charge in [-0.3, -0.25) is 0 Å². The molecule has 0 bridgehead atoms. The van der Waals surface area contributed by atoms with Gasteiger partial charge in [0.2, 0.25) is 0 Å². The summed E-state index contributed by atoms with van der Waals surface area (Å²) in [5.74, 6) is 0.0168. The first-order valence-corrected chi connectivity index (χ1v) is 8.85. The molecule has 0 unspecified atom stereocenters. The molecule has 0 spiro atoms. The Bertz CT molecular complexity index is 1020. The van der Waals surface area contributed by atoms with E-state index in [1.807, 2.05) is 24.3 Å². The molecule has 0 radical (unpaired) electrons. The number of benzene rings is 3. The van der Waals surface area contributed by atoms with E-state index in [2.05, 4.69) is 9.93 Å². The highest BCUT2D eigenvalue weighted by Gasteiger charge is 2.12. The first-order valence-electron chi connectivity index (χ1n) is 6.98. The maximum absolute atomic E-state index is 12.2. The minimum Gasteiger partial charge on any atom is -0.507 e. The van der Waals surface area contributed by atoms with Crippen LogP contribution in [0.3, 0.4) is 0 Å². The van der Waals surface area contributed by atoms with E-state index in [1.54, 1.807) is 6.07 Å². The Morgan fingerprint density at radius 2 is 1.71 bits per heavy atom. The summed E-state index contributed by atoms with van der Waals surface area (Å²) in [4.78, 5) is 2.17. The monoisotopic (exact) mass is 360 g/mol. The Balaban J connectivity index is 1.89. The fourth-order valence-electron chi connectivity index (χ4n) is 2.25. The number of aromatic hydroxyl groups is 1. The Labute approximate surface area is 144 Å². The van der Waals surface area contributed by atoms with E-state index in [4.69, 9.17) is 11.6 Å². The fraction of sp³-hybridized carbons (Fsp3) is 0. The molecule has 122 valence electrons. The lowest BCUT2D eigenvalue weighted by Gasteiger charge is -2.06. The van der Waals surface area contributed by atoms with Gasteiger partial charge < -0.3 is 5.11 Å². The van der Waals surface area contributed by atoms with Crippen LogP contribution in [0, 0.1) is 0 Å². The Kier molecular flexibility index (Phi) is 4.42. The van der Waals surface area contributed by atoms with Crippen LogP contribution in [-0.4, -0.2) is 19.7 Å². The second-order valence-corrected chi connectivity index (χ2v) is 7.12. The summed E-state index contributed by atoms with van der Waals surface area (Å²) in [6.45, 7) is 0. The molecular formula is C17H13ClN2O3S. The number of rotatable bonds is 4. The van der Waals surface area contributed by atoms with Crippen LogP contribution in [0.25, 0.3) is 10.8 Å². The van der Waals surface area contributed by atoms with Crippen molar-refractivity contribution in [1.82, 2.24) is 4.83 Å². The van der Waals surface area contributed by atoms with Gasteiger partial charge in [-0.1, -0.05) is 41.9 Å². The lowest BCUT2D eigenvalue weighted by molar-refractivity contribution is 0.475. The van der Waals surface area contributed by atoms with Crippen LogP contribution in [0.1, 0.15) is 5.56 Å². The van der Waals surface area contributed by atoms with E-state index in [1.165, 1.54) is 36.5 Å². The zero-order valence-corrected chi connectivity index (χ0v) is 13.9. The lowest BCUT2D eigenvalue weighted by Crippen LogP contribution is -2.18. The fourth-order valence-corrected chi connectivity index (χ4v) is 3.16. The number of phenols is 1. The molecule has 3 rings (SSSR count). The molecule has 2 N–H and O–H groups in total. The molecule has 0 aliphatic carbocycles. The Morgan fingerprint density at radius 1 is 1.00 bits per heavy atom. The topological polar surface area (TPSA) is 78.8 Å². The van der Waals surface area contributed by atoms with Crippen molar-refractivity contribution in [1.29, 1.82) is 0 Å². The number of nitrogens with zero attached hydrogens (tertiary/aromatic N) is 1. The second kappa shape index (κ2) is 6.51. The first-order chi connectivity index (χ1) is 11.5. The molecule has 24 heavy (non-hydrogen) atoms. The van der Waals surface area contributed by atoms with Crippen molar-refractivity contribution in [2.75, 3.05) is 0 Å². The van der Waals surface area contributed by atoms with E-state index < -0.39 is 10.0 Å². The third-order valence-electron chi connectivity index (χ3n) is 3.44. The van der Waals surface area contributed by atoms with Crippen molar-refractivity contribution in [2.45, 2.75) is 4.90 Å². The predicted molar refractivity (Wildman–Crippen MR) is 95.0 cm³/mol. The van der Waals surface area contributed by atoms with Gasteiger partial charge in [0.05, 0.1) is 11.1 Å². The van der Waals surface area contributed by atoms with Crippen LogP contribution < -0.4 is 4.83 Å². The molecule has 0 aliphatic heterocycles. The van der Waals surface area contributed by atoms with Gasteiger partial charge in [-0.2, -0.15) is 13.5 Å². The van der Waals surface area contributed by atoms with Crippen LogP contribution in [0.5, 0.6) is 5.75 Å². The number of nitrogens with one attached hydrogen (secondary N) is 1. The van der Waals surface area contributed by atoms with Gasteiger partial charge in [-0.05, 0) is 41.1 Å². The molecule has 0 atom stereocenters. The Hall–Kier alpha value is -2.57. The normalized spacial score (nSPS) is 11.9. The van der Waals surface area contributed by atoms with Gasteiger partial charge >= 0.3 is 0 Å². The molecule has 0 aromatic heterocycles. The highest BCUT2D eigenvalue weighted by atomic mass is 35.5. The predicted octanol–water partition coefficient (Wildman–Crippen LogP) is 3.51. The van der Waals surface area contributed by atoms with Crippen LogP contribution in [0.2, 0.25) is 5.02 Å². The third kappa shape index (κ3) is 3.34. The number of fused-ring (bicyclic) bond motifs is 1. The lowest BCUT2D eigenvalue weighted by atomic mass is 10.0. The van der Waals surface area contributed by atoms with E-state index in [0.29, 0.717) is 10.6 Å². The summed E-state index contributed by atoms with van der Waals surface area (Å²) in [6.07, 6.45) is 1.28. The van der Waals surface area contributed by atoms with Gasteiger partial charge in [0.25, 0.3) is 10.0 Å². The second-order valence-electron chi connectivity index (χ2n) is 5.03. The van der Waals surface area contributed by atoms with Crippen LogP contribution in [-0.2, 0) is 10.0 Å². The van der Waals surface area contributed by atoms with E-state index in [9.17, 15) is 13.5 Å². The third-order valence-corrected chi connectivity index (χ3v) is 4.93. The molecule has 0 heterocycles. The van der Waals surface area contributed by atoms with Crippen LogP contribution in [0.15, 0.2) is 70.7 Å². The largest absolute Gasteiger partial charge is 0.507 e. The molecule has 5 nitrogen and oxygen atoms in total. The smallest absolute Gasteiger partial charge is 0.276 e. The first kappa shape index (κ1) is 16.3. The molecule has 7 heteroatoms. The zero-order chi connectivity index (χ0) is 17.2. The van der Waals surface area contributed by atoms with E-state index in [-0.39, 0.29) is 10.6 Å². The number of halogens is 1. The number of hydrogen-bond acceptors (Lipinski definition) is 4. The molecule has 0 saturated heterocycles. The molecule has 0 saturated carbocycles. The van der Waals surface area contributed by atoms with Gasteiger partial charge in [-0.15, -0.1) is 0 Å². The van der Waals surface area contributed by atoms with Gasteiger partial charge in [0.1, 0.15) is 5.75 Å². The number of hydrogen-bond donors (Lipinski definition) is 2. The molecule has 3 aromatic carbocycles. The summed E-state index contributed by atoms with van der Waals surface area (Å²) in [6, 6.07) is 16.5. The summed E-state index contributed by atoms with van der Waals surface area (Å²) in [5, 5.41) is 15.9. The van der Waals surface area contributed by atoms with Crippen molar-refractivity contribution in [2.24, 2.45) is 5.10 Å². The summed E-state index contributed by atoms with van der Waals surface area (Å²) in [7, 11) is -3.80. The molecular weight excluding hydrogens is 348 g/mol. The van der Waals surface area contributed by atoms with Crippen molar-refractivity contribution in [3.63, 3.8) is 0 Å². The Morgan fingerprint density at radius 3 is 2.46 bits per heavy atom. The number of hydrazone groups is 1. The molecule has 0 fully saturated rings. The van der Waals surface area contributed by atoms with Gasteiger partial charge in [0, 0.05) is 10.6 Å². The van der Waals surface area contributed by atoms with Crippen LogP contribution in [0.4, 0.5) is 0 Å². The summed E-state index contributed by atoms with van der Waals surface area (Å²) in [5.41, 5.74) is 0.437. The molecule has 0 aliphatic rings. The number of sulfonamides is 1. The quantitative estimate of drug-likeness (QED) is 0.552. The van der Waals surface area contributed by atoms with Crippen molar-refractivity contribution in [3.8, 4) is 5.75 Å². The minimum atomic E-state index is -3.80. The maximum atomic E-state index is 12.2. The highest BCUT2D eigenvalue weighted by Crippen LogP contribution is 2.25. The van der Waals surface area contributed by atoms with Crippen LogP contribution >= 0.6 is 11.6 Å². The van der Waals surface area contributed by atoms with E-state index >= 15 is 0 Å². The minimum absolute atomic E-state index is 0.0168. The highest BCUT2D eigenvalue weighted by molar-refractivity contribution is 7.89. The van der Waals surface area contributed by atoms with Crippen molar-refractivity contribution in [3.05, 3.63) is 71.2 Å². The average Bonchev–Trinajstić information content (AvgIpc) is 2.57. The molecule has 0 amide bonds. The number of phenolic OH excluding ortho intramolecular Hbond substituents is 1. The standard InChI is InChI=1S/C17H13ClN2O3S/c18-13-6-8-14(9-7-13)24(22,23)20-19-11-16-15-4-2-1-3-12(15)5-10-17(16)21/h1-11,20-21H/b19-11+. The van der Waals surface area contributed by atoms with Crippen molar-refractivity contribution < 1.29 is 13.5 Å². The van der Waals surface area contributed by atoms with E-state index in [0.717, 1.165) is 10.8 Å². The SMILES string of the molecule is O=S(=O)(N/N=C/c1c(O)ccc2ccccc12)c1ccc(Cl)cc1. The summed E-state index contributed by atoms with van der Waals surface area (Å²) >= 11 is 5.75. The van der Waals surface area contributed by atoms with Gasteiger partial charge in [-0.25, -0.2) is 4.83 Å². The molecule has 3 aromatic rings. The summed E-state index contributed by atoms with van der Waals surface area (Å²) < 4.78 is 24.3. The zero-order valence-electron chi connectivity index (χ0n) is 12.3.